The Hall–Kier alpha value is -2.15. The summed E-state index contributed by atoms with van der Waals surface area (Å²) in [6, 6.07) is 9.60. The molecule has 2 aromatic rings. The highest BCUT2D eigenvalue weighted by molar-refractivity contribution is 5.59. The molecule has 1 fully saturated rings. The summed E-state index contributed by atoms with van der Waals surface area (Å²) in [5, 5.41) is 3.18. The summed E-state index contributed by atoms with van der Waals surface area (Å²) < 4.78 is 37.3. The second-order valence-corrected chi connectivity index (χ2v) is 5.64. The van der Waals surface area contributed by atoms with Gasteiger partial charge < -0.3 is 5.32 Å². The summed E-state index contributed by atoms with van der Waals surface area (Å²) in [5.74, 6) is 0.588. The molecule has 1 saturated heterocycles. The molecule has 0 spiro atoms. The van der Waals surface area contributed by atoms with Crippen LogP contribution < -0.4 is 5.32 Å². The number of hydrogen-bond donors (Lipinski definition) is 1. The molecule has 1 N–H and O–H groups in total. The zero-order valence-electron chi connectivity index (χ0n) is 12.4. The van der Waals surface area contributed by atoms with Gasteiger partial charge in [0.05, 0.1) is 24.6 Å². The third kappa shape index (κ3) is 4.41. The maximum absolute atomic E-state index is 12.4. The number of benzene rings is 1. The fourth-order valence-corrected chi connectivity index (χ4v) is 2.74. The molecule has 0 radical (unpaired) electrons. The number of nitrogens with zero attached hydrogens (tertiary/aromatic N) is 3. The van der Waals surface area contributed by atoms with E-state index in [0.29, 0.717) is 25.3 Å². The van der Waals surface area contributed by atoms with E-state index in [1.807, 2.05) is 30.3 Å². The van der Waals surface area contributed by atoms with Crippen molar-refractivity contribution in [3.63, 3.8) is 0 Å². The van der Waals surface area contributed by atoms with Crippen molar-refractivity contribution in [2.75, 3.05) is 25.0 Å². The van der Waals surface area contributed by atoms with Crippen LogP contribution in [0.5, 0.6) is 0 Å². The van der Waals surface area contributed by atoms with Crippen molar-refractivity contribution >= 4 is 5.82 Å². The average molecular weight is 322 g/mol. The number of rotatable bonds is 4. The highest BCUT2D eigenvalue weighted by Gasteiger charge is 2.34. The van der Waals surface area contributed by atoms with Gasteiger partial charge >= 0.3 is 6.18 Å². The van der Waals surface area contributed by atoms with Gasteiger partial charge in [0.15, 0.2) is 0 Å². The van der Waals surface area contributed by atoms with Crippen LogP contribution in [0.1, 0.15) is 6.42 Å². The second-order valence-electron chi connectivity index (χ2n) is 5.64. The summed E-state index contributed by atoms with van der Waals surface area (Å²) in [5.41, 5.74) is 1.69. The van der Waals surface area contributed by atoms with E-state index < -0.39 is 12.7 Å². The van der Waals surface area contributed by atoms with Gasteiger partial charge in [-0.25, -0.2) is 4.98 Å². The van der Waals surface area contributed by atoms with Crippen molar-refractivity contribution in [3.8, 4) is 11.3 Å². The Morgan fingerprint density at radius 3 is 2.70 bits per heavy atom. The fourth-order valence-electron chi connectivity index (χ4n) is 2.74. The summed E-state index contributed by atoms with van der Waals surface area (Å²) in [4.78, 5) is 10.1. The van der Waals surface area contributed by atoms with Gasteiger partial charge in [-0.3, -0.25) is 9.88 Å². The minimum Gasteiger partial charge on any atom is -0.365 e. The smallest absolute Gasteiger partial charge is 0.365 e. The van der Waals surface area contributed by atoms with Gasteiger partial charge in [0.25, 0.3) is 0 Å². The van der Waals surface area contributed by atoms with Crippen molar-refractivity contribution in [2.45, 2.75) is 18.6 Å². The molecule has 1 atom stereocenters. The standard InChI is InChI=1S/C16H17F3N4/c17-16(18,19)11-23-7-6-13(10-23)21-15-9-20-8-14(22-15)12-4-2-1-3-5-12/h1-5,8-9,13H,6-7,10-11H2,(H,21,22). The van der Waals surface area contributed by atoms with E-state index in [9.17, 15) is 13.2 Å². The third-order valence-corrected chi connectivity index (χ3v) is 3.73. The van der Waals surface area contributed by atoms with Gasteiger partial charge in [-0.2, -0.15) is 13.2 Å². The largest absolute Gasteiger partial charge is 0.401 e. The van der Waals surface area contributed by atoms with Gasteiger partial charge in [-0.05, 0) is 6.42 Å². The summed E-state index contributed by atoms with van der Waals surface area (Å²) >= 11 is 0. The van der Waals surface area contributed by atoms with Crippen LogP contribution in [-0.4, -0.2) is 46.7 Å². The molecule has 2 heterocycles. The Bertz CT molecular complexity index is 645. The first-order valence-electron chi connectivity index (χ1n) is 7.43. The van der Waals surface area contributed by atoms with E-state index in [0.717, 1.165) is 11.3 Å². The van der Waals surface area contributed by atoms with Gasteiger partial charge in [0.2, 0.25) is 0 Å². The van der Waals surface area contributed by atoms with Crippen molar-refractivity contribution in [1.29, 1.82) is 0 Å². The number of aromatic nitrogens is 2. The normalized spacial score (nSPS) is 19.0. The van der Waals surface area contributed by atoms with E-state index in [1.54, 1.807) is 12.4 Å². The number of nitrogens with one attached hydrogen (secondary N) is 1. The molecule has 122 valence electrons. The monoisotopic (exact) mass is 322 g/mol. The minimum atomic E-state index is -4.15. The Kier molecular flexibility index (Phi) is 4.47. The summed E-state index contributed by atoms with van der Waals surface area (Å²) in [6.07, 6.45) is -0.223. The molecule has 23 heavy (non-hydrogen) atoms. The number of halogens is 3. The molecule has 1 aromatic heterocycles. The van der Waals surface area contributed by atoms with Gasteiger partial charge in [-0.1, -0.05) is 30.3 Å². The minimum absolute atomic E-state index is 0.0438. The molecular weight excluding hydrogens is 305 g/mol. The van der Waals surface area contributed by atoms with Crippen molar-refractivity contribution < 1.29 is 13.2 Å². The molecule has 3 rings (SSSR count). The molecule has 4 nitrogen and oxygen atoms in total. The van der Waals surface area contributed by atoms with E-state index in [2.05, 4.69) is 15.3 Å². The molecule has 1 unspecified atom stereocenters. The summed E-state index contributed by atoms with van der Waals surface area (Å²) in [7, 11) is 0. The van der Waals surface area contributed by atoms with Crippen LogP contribution in [0.4, 0.5) is 19.0 Å². The first kappa shape index (κ1) is 15.7. The topological polar surface area (TPSA) is 41.0 Å². The molecule has 1 aromatic carbocycles. The Balaban J connectivity index is 1.63. The van der Waals surface area contributed by atoms with E-state index in [4.69, 9.17) is 0 Å². The lowest BCUT2D eigenvalue weighted by molar-refractivity contribution is -0.143. The number of likely N-dealkylation sites (tertiary alicyclic amines) is 1. The van der Waals surface area contributed by atoms with Gasteiger partial charge in [0.1, 0.15) is 5.82 Å². The first-order valence-corrected chi connectivity index (χ1v) is 7.43. The molecule has 0 saturated carbocycles. The maximum atomic E-state index is 12.4. The van der Waals surface area contributed by atoms with Crippen LogP contribution in [0, 0.1) is 0 Å². The molecule has 1 aliphatic rings. The lowest BCUT2D eigenvalue weighted by Gasteiger charge is -2.18. The van der Waals surface area contributed by atoms with Gasteiger partial charge in [-0.15, -0.1) is 0 Å². The van der Waals surface area contributed by atoms with Gasteiger partial charge in [0, 0.05) is 24.7 Å². The fraction of sp³-hybridized carbons (Fsp3) is 0.375. The number of hydrogen-bond acceptors (Lipinski definition) is 4. The van der Waals surface area contributed by atoms with E-state index >= 15 is 0 Å². The van der Waals surface area contributed by atoms with Crippen molar-refractivity contribution in [1.82, 2.24) is 14.9 Å². The highest BCUT2D eigenvalue weighted by Crippen LogP contribution is 2.22. The number of anilines is 1. The highest BCUT2D eigenvalue weighted by atomic mass is 19.4. The zero-order valence-corrected chi connectivity index (χ0v) is 12.4. The molecule has 1 aliphatic heterocycles. The van der Waals surface area contributed by atoms with Crippen LogP contribution in [0.3, 0.4) is 0 Å². The van der Waals surface area contributed by atoms with Crippen molar-refractivity contribution in [2.24, 2.45) is 0 Å². The van der Waals surface area contributed by atoms with E-state index in [1.165, 1.54) is 4.90 Å². The molecule has 0 amide bonds. The predicted molar refractivity (Wildman–Crippen MR) is 82.0 cm³/mol. The molecule has 0 aliphatic carbocycles. The Morgan fingerprint density at radius 2 is 1.96 bits per heavy atom. The average Bonchev–Trinajstić information content (AvgIpc) is 2.93. The second kappa shape index (κ2) is 6.54. The lowest BCUT2D eigenvalue weighted by Crippen LogP contribution is -2.34. The Morgan fingerprint density at radius 1 is 1.17 bits per heavy atom. The molecular formula is C16H17F3N4. The van der Waals surface area contributed by atoms with Crippen molar-refractivity contribution in [3.05, 3.63) is 42.7 Å². The van der Waals surface area contributed by atoms with E-state index in [-0.39, 0.29) is 6.04 Å². The van der Waals surface area contributed by atoms with Crippen LogP contribution in [0.15, 0.2) is 42.7 Å². The van der Waals surface area contributed by atoms with Crippen LogP contribution in [0.25, 0.3) is 11.3 Å². The first-order chi connectivity index (χ1) is 11.0. The van der Waals surface area contributed by atoms with Crippen LogP contribution in [-0.2, 0) is 0 Å². The third-order valence-electron chi connectivity index (χ3n) is 3.73. The number of alkyl halides is 3. The quantitative estimate of drug-likeness (QED) is 0.938. The predicted octanol–water partition coefficient (Wildman–Crippen LogP) is 3.19. The lowest BCUT2D eigenvalue weighted by atomic mass is 10.2. The molecule has 0 bridgehead atoms. The zero-order chi connectivity index (χ0) is 16.3. The van der Waals surface area contributed by atoms with Crippen LogP contribution >= 0.6 is 0 Å². The van der Waals surface area contributed by atoms with Crippen LogP contribution in [0.2, 0.25) is 0 Å². The Labute approximate surface area is 132 Å². The SMILES string of the molecule is FC(F)(F)CN1CCC(Nc2cncc(-c3ccccc3)n2)C1. The summed E-state index contributed by atoms with van der Waals surface area (Å²) in [6.45, 7) is -0.0688. The maximum Gasteiger partial charge on any atom is 0.401 e. The molecule has 7 heteroatoms.